The van der Waals surface area contributed by atoms with Gasteiger partial charge in [0, 0.05) is 22.0 Å². The molecule has 2 aromatic heterocycles. The maximum Gasteiger partial charge on any atom is 0.337 e. The number of fused-ring (bicyclic) bond motifs is 3. The standard InChI is InChI=1S/C30H27N3O3/c1-18-7-6-8-19(2)27(18)33-29(34)26-17-23-22-9-4-5-10-24(22)32-28(23)25(31-26)16-13-20-11-14-21(15-12-20)30(35)36-3/h4-12,14-15,17,32H,13,16H2,1-3H3,(H,33,34). The monoisotopic (exact) mass is 477 g/mol. The summed E-state index contributed by atoms with van der Waals surface area (Å²) in [7, 11) is 1.37. The molecule has 0 saturated carbocycles. The summed E-state index contributed by atoms with van der Waals surface area (Å²) in [5.41, 5.74) is 7.56. The number of aryl methyl sites for hydroxylation is 4. The van der Waals surface area contributed by atoms with Crippen molar-refractivity contribution in [1.29, 1.82) is 0 Å². The molecule has 6 nitrogen and oxygen atoms in total. The predicted molar refractivity (Wildman–Crippen MR) is 143 cm³/mol. The Hall–Kier alpha value is -4.45. The van der Waals surface area contributed by atoms with E-state index in [0.717, 1.165) is 49.9 Å². The van der Waals surface area contributed by atoms with E-state index in [9.17, 15) is 9.59 Å². The summed E-state index contributed by atoms with van der Waals surface area (Å²) >= 11 is 0. The molecule has 0 aliphatic rings. The van der Waals surface area contributed by atoms with E-state index >= 15 is 0 Å². The van der Waals surface area contributed by atoms with Crippen molar-refractivity contribution in [3.63, 3.8) is 0 Å². The molecular formula is C30H27N3O3. The number of hydrogen-bond acceptors (Lipinski definition) is 4. The van der Waals surface area contributed by atoms with E-state index in [2.05, 4.69) is 16.4 Å². The number of ether oxygens (including phenoxy) is 1. The third kappa shape index (κ3) is 4.45. The molecule has 0 radical (unpaired) electrons. The van der Waals surface area contributed by atoms with Crippen LogP contribution in [0.4, 0.5) is 5.69 Å². The Labute approximate surface area is 209 Å². The average Bonchev–Trinajstić information content (AvgIpc) is 3.28. The molecule has 0 aliphatic carbocycles. The second-order valence-electron chi connectivity index (χ2n) is 8.96. The number of para-hydroxylation sites is 2. The van der Waals surface area contributed by atoms with Crippen LogP contribution in [0.25, 0.3) is 21.8 Å². The third-order valence-corrected chi connectivity index (χ3v) is 6.55. The smallest absolute Gasteiger partial charge is 0.337 e. The van der Waals surface area contributed by atoms with Crippen LogP contribution < -0.4 is 5.32 Å². The van der Waals surface area contributed by atoms with Gasteiger partial charge in [0.05, 0.1) is 23.9 Å². The number of amides is 1. The Morgan fingerprint density at radius 3 is 2.33 bits per heavy atom. The summed E-state index contributed by atoms with van der Waals surface area (Å²) in [5.74, 6) is -0.589. The molecular weight excluding hydrogens is 450 g/mol. The minimum atomic E-state index is -0.356. The quantitative estimate of drug-likeness (QED) is 0.287. The van der Waals surface area contributed by atoms with E-state index in [0.29, 0.717) is 24.1 Å². The van der Waals surface area contributed by atoms with Gasteiger partial charge in [-0.15, -0.1) is 0 Å². The Balaban J connectivity index is 1.51. The number of H-pyrrole nitrogens is 1. The number of rotatable bonds is 6. The maximum absolute atomic E-state index is 13.3. The zero-order valence-electron chi connectivity index (χ0n) is 20.5. The number of carbonyl (C=O) groups is 2. The summed E-state index contributed by atoms with van der Waals surface area (Å²) in [6, 6.07) is 23.3. The second-order valence-corrected chi connectivity index (χ2v) is 8.96. The summed E-state index contributed by atoms with van der Waals surface area (Å²) in [4.78, 5) is 33.4. The van der Waals surface area contributed by atoms with Crippen LogP contribution in [0.1, 0.15) is 43.2 Å². The number of aromatic nitrogens is 2. The molecule has 0 fully saturated rings. The number of aromatic amines is 1. The van der Waals surface area contributed by atoms with Gasteiger partial charge >= 0.3 is 5.97 Å². The first kappa shape index (κ1) is 23.3. The van der Waals surface area contributed by atoms with Gasteiger partial charge in [-0.05, 0) is 67.6 Å². The Kier molecular flexibility index (Phi) is 6.25. The Bertz CT molecular complexity index is 1580. The van der Waals surface area contributed by atoms with E-state index in [1.165, 1.54) is 7.11 Å². The maximum atomic E-state index is 13.3. The number of benzene rings is 3. The number of nitrogens with zero attached hydrogens (tertiary/aromatic N) is 1. The Morgan fingerprint density at radius 2 is 1.61 bits per heavy atom. The molecule has 2 N–H and O–H groups in total. The van der Waals surface area contributed by atoms with Gasteiger partial charge < -0.3 is 15.0 Å². The van der Waals surface area contributed by atoms with E-state index in [1.54, 1.807) is 12.1 Å². The van der Waals surface area contributed by atoms with Crippen molar-refractivity contribution < 1.29 is 14.3 Å². The molecule has 0 unspecified atom stereocenters. The van der Waals surface area contributed by atoms with E-state index in [-0.39, 0.29) is 11.9 Å². The van der Waals surface area contributed by atoms with Gasteiger partial charge in [-0.2, -0.15) is 0 Å². The zero-order valence-corrected chi connectivity index (χ0v) is 20.5. The SMILES string of the molecule is COC(=O)c1ccc(CCc2nc(C(=O)Nc3c(C)cccc3C)cc3c2[nH]c2ccccc23)cc1. The van der Waals surface area contributed by atoms with Crippen molar-refractivity contribution in [2.24, 2.45) is 0 Å². The van der Waals surface area contributed by atoms with E-state index < -0.39 is 0 Å². The van der Waals surface area contributed by atoms with Crippen LogP contribution >= 0.6 is 0 Å². The highest BCUT2D eigenvalue weighted by Crippen LogP contribution is 2.29. The first-order chi connectivity index (χ1) is 17.4. The molecule has 0 bridgehead atoms. The van der Waals surface area contributed by atoms with Gasteiger partial charge in [0.25, 0.3) is 5.91 Å². The molecule has 0 saturated heterocycles. The van der Waals surface area contributed by atoms with Crippen LogP contribution in [0.5, 0.6) is 0 Å². The van der Waals surface area contributed by atoms with Crippen LogP contribution in [0, 0.1) is 13.8 Å². The molecule has 0 atom stereocenters. The summed E-state index contributed by atoms with van der Waals surface area (Å²) in [6.07, 6.45) is 1.34. The summed E-state index contributed by atoms with van der Waals surface area (Å²) < 4.78 is 4.78. The van der Waals surface area contributed by atoms with Crippen LogP contribution in [0.15, 0.2) is 72.8 Å². The van der Waals surface area contributed by atoms with Gasteiger partial charge in [-0.1, -0.05) is 48.5 Å². The largest absolute Gasteiger partial charge is 0.465 e. The molecule has 180 valence electrons. The number of anilines is 1. The van der Waals surface area contributed by atoms with Gasteiger partial charge in [-0.25, -0.2) is 9.78 Å². The fourth-order valence-electron chi connectivity index (χ4n) is 4.59. The molecule has 3 aromatic carbocycles. The molecule has 0 spiro atoms. The summed E-state index contributed by atoms with van der Waals surface area (Å²) in [6.45, 7) is 3.96. The molecule has 5 rings (SSSR count). The first-order valence-corrected chi connectivity index (χ1v) is 11.9. The van der Waals surface area contributed by atoms with Gasteiger partial charge in [0.1, 0.15) is 5.69 Å². The van der Waals surface area contributed by atoms with Crippen LogP contribution in [0.3, 0.4) is 0 Å². The van der Waals surface area contributed by atoms with Crippen LogP contribution in [-0.4, -0.2) is 29.0 Å². The van der Waals surface area contributed by atoms with Gasteiger partial charge in [0.15, 0.2) is 0 Å². The van der Waals surface area contributed by atoms with Gasteiger partial charge in [-0.3, -0.25) is 4.79 Å². The number of carbonyl (C=O) groups excluding carboxylic acids is 2. The van der Waals surface area contributed by atoms with Crippen LogP contribution in [0.2, 0.25) is 0 Å². The summed E-state index contributed by atoms with van der Waals surface area (Å²) in [5, 5.41) is 5.10. The number of pyridine rings is 1. The highest BCUT2D eigenvalue weighted by atomic mass is 16.5. The van der Waals surface area contributed by atoms with Crippen LogP contribution in [-0.2, 0) is 17.6 Å². The lowest BCUT2D eigenvalue weighted by Gasteiger charge is -2.12. The number of hydrogen-bond donors (Lipinski definition) is 2. The van der Waals surface area contributed by atoms with Crippen molar-refractivity contribution in [2.45, 2.75) is 26.7 Å². The number of methoxy groups -OCH3 is 1. The fraction of sp³-hybridized carbons (Fsp3) is 0.167. The average molecular weight is 478 g/mol. The lowest BCUT2D eigenvalue weighted by molar-refractivity contribution is 0.0600. The van der Waals surface area contributed by atoms with Crippen molar-refractivity contribution >= 4 is 39.4 Å². The highest BCUT2D eigenvalue weighted by molar-refractivity contribution is 6.12. The molecule has 2 heterocycles. The minimum Gasteiger partial charge on any atom is -0.465 e. The molecule has 6 heteroatoms. The first-order valence-electron chi connectivity index (χ1n) is 11.9. The van der Waals surface area contributed by atoms with Crippen molar-refractivity contribution in [3.05, 3.63) is 106 Å². The van der Waals surface area contributed by atoms with E-state index in [4.69, 9.17) is 9.72 Å². The topological polar surface area (TPSA) is 84.1 Å². The third-order valence-electron chi connectivity index (χ3n) is 6.55. The van der Waals surface area contributed by atoms with Crippen molar-refractivity contribution in [3.8, 4) is 0 Å². The molecule has 36 heavy (non-hydrogen) atoms. The predicted octanol–water partition coefficient (Wildman–Crippen LogP) is 6.16. The second kappa shape index (κ2) is 9.66. The zero-order chi connectivity index (χ0) is 25.2. The number of esters is 1. The molecule has 5 aromatic rings. The van der Waals surface area contributed by atoms with Crippen molar-refractivity contribution in [1.82, 2.24) is 9.97 Å². The fourth-order valence-corrected chi connectivity index (χ4v) is 4.59. The molecule has 1 amide bonds. The van der Waals surface area contributed by atoms with Crippen molar-refractivity contribution in [2.75, 3.05) is 12.4 Å². The normalized spacial score (nSPS) is 11.1. The number of nitrogens with one attached hydrogen (secondary N) is 2. The lowest BCUT2D eigenvalue weighted by atomic mass is 10.0. The lowest BCUT2D eigenvalue weighted by Crippen LogP contribution is -2.16. The van der Waals surface area contributed by atoms with E-state index in [1.807, 2.05) is 68.4 Å². The molecule has 0 aliphatic heterocycles. The Morgan fingerprint density at radius 1 is 0.889 bits per heavy atom. The van der Waals surface area contributed by atoms with Gasteiger partial charge in [0.2, 0.25) is 0 Å². The minimum absolute atomic E-state index is 0.233. The highest BCUT2D eigenvalue weighted by Gasteiger charge is 2.17.